The molecule has 6 rings (SSSR count). The van der Waals surface area contributed by atoms with Crippen LogP contribution in [0.5, 0.6) is 11.5 Å². The van der Waals surface area contributed by atoms with E-state index in [0.717, 1.165) is 0 Å². The molecule has 0 saturated heterocycles. The van der Waals surface area contributed by atoms with E-state index < -0.39 is 0 Å². The monoisotopic (exact) mass is 531 g/mol. The fraction of sp³-hybridized carbons (Fsp3) is 0.0667. The first-order valence-corrected chi connectivity index (χ1v) is 12.3. The van der Waals surface area contributed by atoms with E-state index in [1.807, 2.05) is 0 Å². The second-order valence-electron chi connectivity index (χ2n) is 9.43. The number of rotatable bonds is 8. The number of carbonyl (C=O) groups excluding carboxylic acids is 3. The number of H-pyrrole nitrogens is 2. The van der Waals surface area contributed by atoms with Crippen LogP contribution in [0.3, 0.4) is 0 Å². The molecule has 0 spiro atoms. The molecule has 0 aliphatic rings. The molecule has 2 heterocycles. The van der Waals surface area contributed by atoms with Crippen molar-refractivity contribution in [1.29, 1.82) is 0 Å². The highest BCUT2D eigenvalue weighted by Gasteiger charge is 2.17. The van der Waals surface area contributed by atoms with Crippen LogP contribution in [0.2, 0.25) is 0 Å². The summed E-state index contributed by atoms with van der Waals surface area (Å²) in [5, 5.41) is 38.1. The Bertz CT molecular complexity index is 1780. The number of phenols is 2. The first kappa shape index (κ1) is 24.7. The smallest absolute Gasteiger partial charge is 0.193 e. The molecule has 0 aliphatic heterocycles. The van der Waals surface area contributed by atoms with Gasteiger partial charge in [0, 0.05) is 35.4 Å². The lowest BCUT2D eigenvalue weighted by molar-refractivity contribution is 0.0982. The van der Waals surface area contributed by atoms with E-state index in [-0.39, 0.29) is 52.8 Å². The van der Waals surface area contributed by atoms with Gasteiger partial charge in [0.05, 0.1) is 22.8 Å². The minimum atomic E-state index is -0.288. The number of nitrogens with one attached hydrogen (secondary N) is 2. The van der Waals surface area contributed by atoms with Crippen LogP contribution < -0.4 is 0 Å². The van der Waals surface area contributed by atoms with Crippen molar-refractivity contribution in [2.24, 2.45) is 0 Å². The number of ketones is 3. The molecule has 0 amide bonds. The maximum atomic E-state index is 13.0. The molecule has 4 N–H and O–H groups in total. The molecule has 0 bridgehead atoms. The van der Waals surface area contributed by atoms with Crippen LogP contribution in [0, 0.1) is 0 Å². The third-order valence-corrected chi connectivity index (χ3v) is 6.75. The summed E-state index contributed by atoms with van der Waals surface area (Å²) in [6.07, 6.45) is 1.67. The quantitative estimate of drug-likeness (QED) is 0.211. The molecule has 4 aromatic carbocycles. The molecule has 10 nitrogen and oxygen atoms in total. The van der Waals surface area contributed by atoms with Gasteiger partial charge in [-0.1, -0.05) is 48.5 Å². The Morgan fingerprint density at radius 3 is 1.80 bits per heavy atom. The van der Waals surface area contributed by atoms with E-state index in [1.165, 1.54) is 18.2 Å². The molecule has 10 heteroatoms. The van der Waals surface area contributed by atoms with Crippen molar-refractivity contribution in [3.05, 3.63) is 112 Å². The normalized spacial score (nSPS) is 11.2. The van der Waals surface area contributed by atoms with Crippen molar-refractivity contribution in [1.82, 2.24) is 25.6 Å². The third-order valence-electron chi connectivity index (χ3n) is 6.75. The zero-order chi connectivity index (χ0) is 27.8. The van der Waals surface area contributed by atoms with E-state index in [9.17, 15) is 24.6 Å². The topological polar surface area (TPSA) is 162 Å². The van der Waals surface area contributed by atoms with Gasteiger partial charge in [0.2, 0.25) is 0 Å². The number of phenolic OH excluding ortho intramolecular Hbond substituents is 2. The van der Waals surface area contributed by atoms with Crippen LogP contribution in [-0.4, -0.2) is 53.2 Å². The van der Waals surface area contributed by atoms with Gasteiger partial charge in [0.25, 0.3) is 0 Å². The molecule has 2 aromatic heterocycles. The molecule has 0 aliphatic carbocycles. The summed E-state index contributed by atoms with van der Waals surface area (Å²) in [5.74, 6) is -1.02. The number of nitrogens with zero attached hydrogens (tertiary/aromatic N) is 3. The number of Topliss-reactive ketones (excluding diaryl/α,β-unsaturated/α-hetero) is 2. The molecule has 0 atom stereocenters. The number of aromatic nitrogens is 5. The predicted molar refractivity (Wildman–Crippen MR) is 146 cm³/mol. The molecule has 196 valence electrons. The summed E-state index contributed by atoms with van der Waals surface area (Å²) in [6.45, 7) is 0. The van der Waals surface area contributed by atoms with Gasteiger partial charge in [-0.25, -0.2) is 0 Å². The SMILES string of the molecule is O=C(c1ccc(CC(=O)c2cc3n[nH]nc3cc2O)cc1)c1ccc(CC(=O)c2cc3[nH]ncc3cc2O)cc1. The zero-order valence-electron chi connectivity index (χ0n) is 20.9. The summed E-state index contributed by atoms with van der Waals surface area (Å²) < 4.78 is 0. The summed E-state index contributed by atoms with van der Waals surface area (Å²) in [6, 6.07) is 19.4. The average molecular weight is 532 g/mol. The molecule has 6 aromatic rings. The summed E-state index contributed by atoms with van der Waals surface area (Å²) >= 11 is 0. The molecular formula is C30H21N5O5. The molecule has 40 heavy (non-hydrogen) atoms. The fourth-order valence-electron chi connectivity index (χ4n) is 4.58. The summed E-state index contributed by atoms with van der Waals surface area (Å²) in [5.41, 5.74) is 4.23. The first-order chi connectivity index (χ1) is 19.4. The Labute approximate surface area is 226 Å². The number of aromatic amines is 2. The second kappa shape index (κ2) is 9.91. The maximum absolute atomic E-state index is 13.0. The van der Waals surface area contributed by atoms with Gasteiger partial charge in [-0.15, -0.1) is 0 Å². The van der Waals surface area contributed by atoms with E-state index in [0.29, 0.717) is 44.2 Å². The van der Waals surface area contributed by atoms with Crippen molar-refractivity contribution in [3.8, 4) is 11.5 Å². The van der Waals surface area contributed by atoms with Gasteiger partial charge < -0.3 is 10.2 Å². The second-order valence-corrected chi connectivity index (χ2v) is 9.43. The van der Waals surface area contributed by atoms with E-state index in [1.54, 1.807) is 60.8 Å². The largest absolute Gasteiger partial charge is 0.507 e. The van der Waals surface area contributed by atoms with Gasteiger partial charge in [-0.2, -0.15) is 20.5 Å². The minimum absolute atomic E-state index is 0.0387. The van der Waals surface area contributed by atoms with E-state index >= 15 is 0 Å². The summed E-state index contributed by atoms with van der Waals surface area (Å²) in [4.78, 5) is 38.6. The number of carbonyl (C=O) groups is 3. The number of hydrogen-bond acceptors (Lipinski definition) is 8. The van der Waals surface area contributed by atoms with Crippen molar-refractivity contribution in [2.45, 2.75) is 12.8 Å². The van der Waals surface area contributed by atoms with Gasteiger partial charge in [0.1, 0.15) is 22.5 Å². The highest BCUT2D eigenvalue weighted by atomic mass is 16.3. The van der Waals surface area contributed by atoms with Gasteiger partial charge in [-0.3, -0.25) is 19.5 Å². The van der Waals surface area contributed by atoms with Gasteiger partial charge >= 0.3 is 0 Å². The lowest BCUT2D eigenvalue weighted by Crippen LogP contribution is -2.06. The zero-order valence-corrected chi connectivity index (χ0v) is 20.9. The number of benzene rings is 4. The summed E-state index contributed by atoms with van der Waals surface area (Å²) in [7, 11) is 0. The van der Waals surface area contributed by atoms with E-state index in [2.05, 4.69) is 25.6 Å². The van der Waals surface area contributed by atoms with Crippen LogP contribution in [-0.2, 0) is 12.8 Å². The maximum Gasteiger partial charge on any atom is 0.193 e. The Morgan fingerprint density at radius 1 is 0.675 bits per heavy atom. The lowest BCUT2D eigenvalue weighted by Gasteiger charge is -2.07. The van der Waals surface area contributed by atoms with Crippen LogP contribution >= 0.6 is 0 Å². The first-order valence-electron chi connectivity index (χ1n) is 12.3. The highest BCUT2D eigenvalue weighted by Crippen LogP contribution is 2.26. The van der Waals surface area contributed by atoms with Crippen molar-refractivity contribution in [3.63, 3.8) is 0 Å². The highest BCUT2D eigenvalue weighted by molar-refractivity contribution is 6.09. The van der Waals surface area contributed by atoms with Crippen LogP contribution in [0.1, 0.15) is 47.8 Å². The fourth-order valence-corrected chi connectivity index (χ4v) is 4.58. The van der Waals surface area contributed by atoms with Crippen molar-refractivity contribution < 1.29 is 24.6 Å². The van der Waals surface area contributed by atoms with Crippen molar-refractivity contribution in [2.75, 3.05) is 0 Å². The Hall–Kier alpha value is -5.64. The predicted octanol–water partition coefficient (Wildman–Crippen LogP) is 4.33. The molecule has 0 saturated carbocycles. The van der Waals surface area contributed by atoms with Crippen LogP contribution in [0.15, 0.2) is 79.0 Å². The minimum Gasteiger partial charge on any atom is -0.507 e. The van der Waals surface area contributed by atoms with Crippen LogP contribution in [0.25, 0.3) is 21.9 Å². The third kappa shape index (κ3) is 4.69. The van der Waals surface area contributed by atoms with Gasteiger partial charge in [-0.05, 0) is 29.3 Å². The Balaban J connectivity index is 1.11. The van der Waals surface area contributed by atoms with Crippen molar-refractivity contribution >= 4 is 39.3 Å². The lowest BCUT2D eigenvalue weighted by atomic mass is 9.96. The standard InChI is InChI=1S/C30H21N5O5/c36-26(21-12-23-20(11-28(21)38)15-31-32-23)9-16-1-5-18(6-2-16)30(40)19-7-3-17(4-8-19)10-27(37)22-13-24-25(14-29(22)39)34-35-33-24/h1-8,11-15,38-39H,9-10H2,(H,31,32)(H,33,34,35). The molecule has 0 unspecified atom stereocenters. The Kier molecular flexibility index (Phi) is 6.12. The molecule has 0 fully saturated rings. The molecular weight excluding hydrogens is 510 g/mol. The number of hydrogen-bond donors (Lipinski definition) is 4. The average Bonchev–Trinajstić information content (AvgIpc) is 3.61. The van der Waals surface area contributed by atoms with E-state index in [4.69, 9.17) is 0 Å². The van der Waals surface area contributed by atoms with Gasteiger partial charge in [0.15, 0.2) is 17.3 Å². The molecule has 0 radical (unpaired) electrons. The Morgan fingerprint density at radius 2 is 1.20 bits per heavy atom. The number of fused-ring (bicyclic) bond motifs is 2. The number of aromatic hydroxyl groups is 2. The van der Waals surface area contributed by atoms with Crippen LogP contribution in [0.4, 0.5) is 0 Å².